The lowest BCUT2D eigenvalue weighted by atomic mass is 10.1. The molecule has 1 amide bonds. The zero-order valence-electron chi connectivity index (χ0n) is 12.9. The van der Waals surface area contributed by atoms with Crippen molar-refractivity contribution in [1.29, 1.82) is 0 Å². The highest BCUT2D eigenvalue weighted by atomic mass is 16.5. The Kier molecular flexibility index (Phi) is 5.15. The van der Waals surface area contributed by atoms with Crippen molar-refractivity contribution in [2.24, 2.45) is 0 Å². The predicted octanol–water partition coefficient (Wildman–Crippen LogP) is 3.44. The molecular formula is C18H17NO4. The number of amides is 1. The minimum atomic E-state index is -1.04. The van der Waals surface area contributed by atoms with Gasteiger partial charge in [0, 0.05) is 11.3 Å². The summed E-state index contributed by atoms with van der Waals surface area (Å²) in [4.78, 5) is 23.1. The van der Waals surface area contributed by atoms with Crippen LogP contribution in [-0.4, -0.2) is 24.1 Å². The Morgan fingerprint density at radius 3 is 2.57 bits per heavy atom. The van der Waals surface area contributed by atoms with Crippen molar-refractivity contribution >= 4 is 23.6 Å². The van der Waals surface area contributed by atoms with Crippen LogP contribution >= 0.6 is 0 Å². The van der Waals surface area contributed by atoms with Crippen molar-refractivity contribution in [3.63, 3.8) is 0 Å². The van der Waals surface area contributed by atoms with Gasteiger partial charge in [0.05, 0.1) is 12.7 Å². The molecule has 2 aromatic carbocycles. The van der Waals surface area contributed by atoms with Crippen LogP contribution in [0, 0.1) is 0 Å². The normalized spacial score (nSPS) is 11.0. The summed E-state index contributed by atoms with van der Waals surface area (Å²) < 4.78 is 5.14. The number of aromatic carboxylic acids is 1. The first-order valence-electron chi connectivity index (χ1n) is 6.96. The molecule has 118 valence electrons. The summed E-state index contributed by atoms with van der Waals surface area (Å²) in [7, 11) is 1.58. The molecule has 0 heterocycles. The fourth-order valence-electron chi connectivity index (χ4n) is 2.01. The second-order valence-electron chi connectivity index (χ2n) is 4.94. The number of methoxy groups -OCH3 is 1. The van der Waals surface area contributed by atoms with Crippen LogP contribution in [-0.2, 0) is 4.79 Å². The molecule has 0 unspecified atom stereocenters. The lowest BCUT2D eigenvalue weighted by Gasteiger charge is -2.07. The number of carbonyl (C=O) groups excluding carboxylic acids is 1. The summed E-state index contributed by atoms with van der Waals surface area (Å²) in [5, 5.41) is 11.6. The summed E-state index contributed by atoms with van der Waals surface area (Å²) in [5.41, 5.74) is 1.90. The fraction of sp³-hybridized carbons (Fsp3) is 0.111. The summed E-state index contributed by atoms with van der Waals surface area (Å²) in [6.07, 6.45) is 1.74. The third-order valence-corrected chi connectivity index (χ3v) is 3.20. The van der Waals surface area contributed by atoms with Crippen LogP contribution in [0.15, 0.2) is 54.1 Å². The van der Waals surface area contributed by atoms with Gasteiger partial charge in [-0.1, -0.05) is 18.2 Å². The van der Waals surface area contributed by atoms with Crippen molar-refractivity contribution < 1.29 is 19.4 Å². The Labute approximate surface area is 134 Å². The third-order valence-electron chi connectivity index (χ3n) is 3.20. The summed E-state index contributed by atoms with van der Waals surface area (Å²) in [6, 6.07) is 13.5. The molecule has 0 spiro atoms. The molecular weight excluding hydrogens is 294 g/mol. The first kappa shape index (κ1) is 16.3. The highest BCUT2D eigenvalue weighted by molar-refractivity contribution is 6.06. The molecule has 2 rings (SSSR count). The average Bonchev–Trinajstić information content (AvgIpc) is 2.55. The van der Waals surface area contributed by atoms with E-state index in [2.05, 4.69) is 5.32 Å². The van der Waals surface area contributed by atoms with Gasteiger partial charge < -0.3 is 15.2 Å². The largest absolute Gasteiger partial charge is 0.497 e. The average molecular weight is 311 g/mol. The van der Waals surface area contributed by atoms with Crippen LogP contribution in [0.4, 0.5) is 5.69 Å². The second-order valence-corrected chi connectivity index (χ2v) is 4.94. The molecule has 5 nitrogen and oxygen atoms in total. The van der Waals surface area contributed by atoms with E-state index in [0.29, 0.717) is 17.0 Å². The number of carbonyl (C=O) groups is 2. The van der Waals surface area contributed by atoms with Gasteiger partial charge in [-0.05, 0) is 48.9 Å². The lowest BCUT2D eigenvalue weighted by Crippen LogP contribution is -2.13. The van der Waals surface area contributed by atoms with E-state index < -0.39 is 5.97 Å². The molecule has 0 aliphatic carbocycles. The molecule has 2 aromatic rings. The van der Waals surface area contributed by atoms with E-state index in [1.54, 1.807) is 32.2 Å². The molecule has 0 saturated heterocycles. The molecule has 0 aliphatic heterocycles. The number of carboxylic acid groups (broad SMARTS) is 1. The van der Waals surface area contributed by atoms with E-state index in [0.717, 1.165) is 5.56 Å². The van der Waals surface area contributed by atoms with E-state index >= 15 is 0 Å². The molecule has 5 heteroatoms. The maximum Gasteiger partial charge on any atom is 0.335 e. The van der Waals surface area contributed by atoms with E-state index in [1.807, 2.05) is 24.3 Å². The SMILES string of the molecule is COc1cccc(/C=C(\C)C(=O)Nc2cccc(C(=O)O)c2)c1. The van der Waals surface area contributed by atoms with Crippen LogP contribution < -0.4 is 10.1 Å². The Balaban J connectivity index is 2.14. The molecule has 0 atom stereocenters. The van der Waals surface area contributed by atoms with Crippen molar-refractivity contribution in [3.05, 3.63) is 65.2 Å². The smallest absolute Gasteiger partial charge is 0.335 e. The van der Waals surface area contributed by atoms with Crippen LogP contribution in [0.1, 0.15) is 22.8 Å². The zero-order chi connectivity index (χ0) is 16.8. The Morgan fingerprint density at radius 2 is 1.87 bits per heavy atom. The number of hydrogen-bond acceptors (Lipinski definition) is 3. The predicted molar refractivity (Wildman–Crippen MR) is 88.7 cm³/mol. The molecule has 23 heavy (non-hydrogen) atoms. The van der Waals surface area contributed by atoms with Gasteiger partial charge >= 0.3 is 5.97 Å². The van der Waals surface area contributed by atoms with E-state index in [9.17, 15) is 9.59 Å². The molecule has 0 aliphatic rings. The fourth-order valence-corrected chi connectivity index (χ4v) is 2.01. The van der Waals surface area contributed by atoms with Gasteiger partial charge in [0.1, 0.15) is 5.75 Å². The zero-order valence-corrected chi connectivity index (χ0v) is 12.9. The Bertz CT molecular complexity index is 765. The van der Waals surface area contributed by atoms with Gasteiger partial charge in [-0.25, -0.2) is 4.79 Å². The van der Waals surface area contributed by atoms with Crippen LogP contribution in [0.5, 0.6) is 5.75 Å². The lowest BCUT2D eigenvalue weighted by molar-refractivity contribution is -0.112. The number of ether oxygens (including phenoxy) is 1. The van der Waals surface area contributed by atoms with Gasteiger partial charge in [0.2, 0.25) is 0 Å². The number of nitrogens with one attached hydrogen (secondary N) is 1. The molecule has 0 radical (unpaired) electrons. The van der Waals surface area contributed by atoms with Crippen molar-refractivity contribution in [2.75, 3.05) is 12.4 Å². The number of anilines is 1. The number of hydrogen-bond donors (Lipinski definition) is 2. The first-order valence-corrected chi connectivity index (χ1v) is 6.96. The Morgan fingerprint density at radius 1 is 1.13 bits per heavy atom. The first-order chi connectivity index (χ1) is 11.0. The molecule has 0 bridgehead atoms. The molecule has 0 fully saturated rings. The minimum Gasteiger partial charge on any atom is -0.497 e. The molecule has 2 N–H and O–H groups in total. The van der Waals surface area contributed by atoms with Gasteiger partial charge in [-0.3, -0.25) is 4.79 Å². The van der Waals surface area contributed by atoms with Crippen LogP contribution in [0.2, 0.25) is 0 Å². The maximum absolute atomic E-state index is 12.2. The van der Waals surface area contributed by atoms with Crippen LogP contribution in [0.3, 0.4) is 0 Å². The monoisotopic (exact) mass is 311 g/mol. The van der Waals surface area contributed by atoms with Crippen molar-refractivity contribution in [2.45, 2.75) is 6.92 Å². The summed E-state index contributed by atoms with van der Waals surface area (Å²) >= 11 is 0. The van der Waals surface area contributed by atoms with Gasteiger partial charge in [-0.15, -0.1) is 0 Å². The van der Waals surface area contributed by atoms with Gasteiger partial charge in [0.15, 0.2) is 0 Å². The summed E-state index contributed by atoms with van der Waals surface area (Å²) in [6.45, 7) is 1.69. The summed E-state index contributed by atoms with van der Waals surface area (Å²) in [5.74, 6) is -0.624. The van der Waals surface area contributed by atoms with Crippen molar-refractivity contribution in [3.8, 4) is 5.75 Å². The highest BCUT2D eigenvalue weighted by Gasteiger charge is 2.08. The molecule has 0 aromatic heterocycles. The number of rotatable bonds is 5. The number of benzene rings is 2. The number of carboxylic acids is 1. The van der Waals surface area contributed by atoms with Gasteiger partial charge in [-0.2, -0.15) is 0 Å². The van der Waals surface area contributed by atoms with E-state index in [4.69, 9.17) is 9.84 Å². The third kappa shape index (κ3) is 4.44. The van der Waals surface area contributed by atoms with E-state index in [1.165, 1.54) is 12.1 Å². The minimum absolute atomic E-state index is 0.122. The Hall–Kier alpha value is -3.08. The van der Waals surface area contributed by atoms with E-state index in [-0.39, 0.29) is 11.5 Å². The van der Waals surface area contributed by atoms with Crippen LogP contribution in [0.25, 0.3) is 6.08 Å². The van der Waals surface area contributed by atoms with Crippen molar-refractivity contribution in [1.82, 2.24) is 0 Å². The second kappa shape index (κ2) is 7.26. The topological polar surface area (TPSA) is 75.6 Å². The standard InChI is InChI=1S/C18H17NO4/c1-12(9-13-5-3-8-16(10-13)23-2)17(20)19-15-7-4-6-14(11-15)18(21)22/h3-11H,1-2H3,(H,19,20)(H,21,22)/b12-9+. The van der Waals surface area contributed by atoms with Gasteiger partial charge in [0.25, 0.3) is 5.91 Å². The molecule has 0 saturated carbocycles. The highest BCUT2D eigenvalue weighted by Crippen LogP contribution is 2.17. The quantitative estimate of drug-likeness (QED) is 0.829. The maximum atomic E-state index is 12.2.